The normalized spacial score (nSPS) is 20.0. The Morgan fingerprint density at radius 2 is 1.79 bits per heavy atom. The van der Waals surface area contributed by atoms with Gasteiger partial charge in [0.25, 0.3) is 5.91 Å². The number of carbonyl (C=O) groups excluding carboxylic acids is 1. The van der Waals surface area contributed by atoms with E-state index in [1.165, 1.54) is 35.9 Å². The number of amides is 1. The number of nitrogens with zero attached hydrogens (tertiary/aromatic N) is 3. The predicted octanol–water partition coefficient (Wildman–Crippen LogP) is 5.14. The third kappa shape index (κ3) is 3.72. The molecule has 2 heterocycles. The number of likely N-dealkylation sites (N-methyl/N-ethyl adjacent to an activating group) is 1. The Morgan fingerprint density at radius 1 is 1.04 bits per heavy atom. The number of aliphatic imine (C=N–C) groups is 1. The molecular weight excluding hydrogens is 366 g/mol. The van der Waals surface area contributed by atoms with Gasteiger partial charge in [-0.25, -0.2) is 4.99 Å². The second kappa shape index (κ2) is 7.84. The van der Waals surface area contributed by atoms with Gasteiger partial charge in [-0.05, 0) is 79.4 Å². The lowest BCUT2D eigenvalue weighted by Gasteiger charge is -2.18. The summed E-state index contributed by atoms with van der Waals surface area (Å²) in [5.74, 6) is 0.000327. The summed E-state index contributed by atoms with van der Waals surface area (Å²) in [6, 6.07) is 14.5. The molecule has 4 rings (SSSR count). The minimum Gasteiger partial charge on any atom is -0.372 e. The highest BCUT2D eigenvalue weighted by atomic mass is 32.2. The van der Waals surface area contributed by atoms with E-state index in [9.17, 15) is 4.79 Å². The number of carbonyl (C=O) groups is 1. The van der Waals surface area contributed by atoms with Crippen molar-refractivity contribution in [2.45, 2.75) is 26.7 Å². The van der Waals surface area contributed by atoms with E-state index in [-0.39, 0.29) is 5.91 Å². The third-order valence-electron chi connectivity index (χ3n) is 5.35. The number of hydrogen-bond acceptors (Lipinski definition) is 4. The second-order valence-electron chi connectivity index (χ2n) is 7.39. The van der Waals surface area contributed by atoms with Gasteiger partial charge in [-0.2, -0.15) is 0 Å². The summed E-state index contributed by atoms with van der Waals surface area (Å²) in [7, 11) is 1.79. The number of hydrogen-bond donors (Lipinski definition) is 0. The molecule has 0 atom stereocenters. The Labute approximate surface area is 171 Å². The van der Waals surface area contributed by atoms with E-state index in [0.717, 1.165) is 35.1 Å². The molecule has 144 valence electrons. The molecule has 0 N–H and O–H groups in total. The second-order valence-corrected chi connectivity index (χ2v) is 8.40. The summed E-state index contributed by atoms with van der Waals surface area (Å²) in [4.78, 5) is 22.2. The highest BCUT2D eigenvalue weighted by Crippen LogP contribution is 2.34. The van der Waals surface area contributed by atoms with Gasteiger partial charge in [0.05, 0.1) is 10.6 Å². The topological polar surface area (TPSA) is 35.9 Å². The summed E-state index contributed by atoms with van der Waals surface area (Å²) in [5, 5.41) is 0.719. The van der Waals surface area contributed by atoms with Crippen LogP contribution in [0.15, 0.2) is 52.4 Å². The van der Waals surface area contributed by atoms with Crippen molar-refractivity contribution in [1.29, 1.82) is 0 Å². The summed E-state index contributed by atoms with van der Waals surface area (Å²) in [6.45, 7) is 6.42. The molecule has 0 radical (unpaired) electrons. The molecule has 0 bridgehead atoms. The average molecular weight is 392 g/mol. The quantitative estimate of drug-likeness (QED) is 0.680. The van der Waals surface area contributed by atoms with Gasteiger partial charge in [-0.1, -0.05) is 24.3 Å². The van der Waals surface area contributed by atoms with E-state index in [0.29, 0.717) is 4.91 Å². The average Bonchev–Trinajstić information content (AvgIpc) is 3.31. The molecular formula is C23H25N3OS. The summed E-state index contributed by atoms with van der Waals surface area (Å²) in [5.41, 5.74) is 5.56. The molecule has 1 amide bonds. The maximum Gasteiger partial charge on any atom is 0.266 e. The maximum atomic E-state index is 12.7. The number of amidine groups is 1. The van der Waals surface area contributed by atoms with E-state index in [1.807, 2.05) is 37.3 Å². The van der Waals surface area contributed by atoms with Gasteiger partial charge >= 0.3 is 0 Å². The fraction of sp³-hybridized carbons (Fsp3) is 0.304. The van der Waals surface area contributed by atoms with E-state index in [2.05, 4.69) is 30.0 Å². The number of aryl methyl sites for hydroxylation is 2. The van der Waals surface area contributed by atoms with Crippen molar-refractivity contribution in [2.75, 3.05) is 25.0 Å². The van der Waals surface area contributed by atoms with Gasteiger partial charge in [0.15, 0.2) is 5.17 Å². The Balaban J connectivity index is 1.60. The van der Waals surface area contributed by atoms with Crippen LogP contribution in [0.3, 0.4) is 0 Å². The van der Waals surface area contributed by atoms with E-state index in [4.69, 9.17) is 4.99 Å². The summed E-state index contributed by atoms with van der Waals surface area (Å²) in [6.07, 6.45) is 4.53. The van der Waals surface area contributed by atoms with Crippen LogP contribution >= 0.6 is 11.8 Å². The Kier molecular flexibility index (Phi) is 5.27. The van der Waals surface area contributed by atoms with Crippen molar-refractivity contribution in [2.24, 2.45) is 4.99 Å². The largest absolute Gasteiger partial charge is 0.372 e. The number of thioether (sulfide) groups is 1. The number of rotatable bonds is 3. The molecule has 28 heavy (non-hydrogen) atoms. The van der Waals surface area contributed by atoms with Crippen LogP contribution in [0.4, 0.5) is 11.4 Å². The van der Waals surface area contributed by atoms with Crippen LogP contribution < -0.4 is 4.90 Å². The molecule has 2 aromatic carbocycles. The molecule has 0 unspecified atom stereocenters. The molecule has 0 aromatic heterocycles. The van der Waals surface area contributed by atoms with Gasteiger partial charge in [0.1, 0.15) is 0 Å². The van der Waals surface area contributed by atoms with Crippen molar-refractivity contribution >= 4 is 40.3 Å². The molecule has 2 aliphatic rings. The first kappa shape index (κ1) is 18.8. The van der Waals surface area contributed by atoms with Gasteiger partial charge in [-0.15, -0.1) is 0 Å². The van der Waals surface area contributed by atoms with Gasteiger partial charge < -0.3 is 4.90 Å². The van der Waals surface area contributed by atoms with Crippen LogP contribution in [-0.2, 0) is 4.79 Å². The molecule has 2 aromatic rings. The van der Waals surface area contributed by atoms with Crippen molar-refractivity contribution in [3.05, 3.63) is 64.1 Å². The van der Waals surface area contributed by atoms with Crippen LogP contribution in [0.5, 0.6) is 0 Å². The zero-order chi connectivity index (χ0) is 19.7. The van der Waals surface area contributed by atoms with Crippen LogP contribution in [0.25, 0.3) is 6.08 Å². The Bertz CT molecular complexity index is 974. The van der Waals surface area contributed by atoms with Crippen LogP contribution in [0.2, 0.25) is 0 Å². The molecule has 0 aliphatic carbocycles. The maximum absolute atomic E-state index is 12.7. The molecule has 4 nitrogen and oxygen atoms in total. The molecule has 5 heteroatoms. The highest BCUT2D eigenvalue weighted by Gasteiger charge is 2.30. The first-order valence-electron chi connectivity index (χ1n) is 9.70. The predicted molar refractivity (Wildman–Crippen MR) is 119 cm³/mol. The Morgan fingerprint density at radius 3 is 2.50 bits per heavy atom. The number of anilines is 1. The van der Waals surface area contributed by atoms with Gasteiger partial charge in [0, 0.05) is 25.8 Å². The zero-order valence-electron chi connectivity index (χ0n) is 16.6. The summed E-state index contributed by atoms with van der Waals surface area (Å²) < 4.78 is 0. The number of benzene rings is 2. The van der Waals surface area contributed by atoms with Gasteiger partial charge in [0.2, 0.25) is 0 Å². The third-order valence-corrected chi connectivity index (χ3v) is 6.41. The minimum absolute atomic E-state index is 0.000327. The number of para-hydroxylation sites is 1. The molecule has 0 saturated carbocycles. The molecule has 2 saturated heterocycles. The van der Waals surface area contributed by atoms with Crippen LogP contribution in [0, 0.1) is 13.8 Å². The van der Waals surface area contributed by atoms with Crippen LogP contribution in [0.1, 0.15) is 29.5 Å². The monoisotopic (exact) mass is 391 g/mol. The van der Waals surface area contributed by atoms with Crippen molar-refractivity contribution in [3.63, 3.8) is 0 Å². The lowest BCUT2D eigenvalue weighted by Crippen LogP contribution is -2.23. The molecule has 2 aliphatic heterocycles. The fourth-order valence-electron chi connectivity index (χ4n) is 3.58. The summed E-state index contributed by atoms with van der Waals surface area (Å²) >= 11 is 1.44. The van der Waals surface area contributed by atoms with Crippen molar-refractivity contribution in [1.82, 2.24) is 4.90 Å². The van der Waals surface area contributed by atoms with Crippen molar-refractivity contribution < 1.29 is 4.79 Å². The van der Waals surface area contributed by atoms with E-state index in [1.54, 1.807) is 11.9 Å². The molecule has 2 fully saturated rings. The minimum atomic E-state index is 0.000327. The van der Waals surface area contributed by atoms with Crippen LogP contribution in [-0.4, -0.2) is 36.1 Å². The Hall–Kier alpha value is -2.53. The first-order chi connectivity index (χ1) is 13.5. The zero-order valence-corrected chi connectivity index (χ0v) is 17.4. The van der Waals surface area contributed by atoms with E-state index < -0.39 is 0 Å². The SMILES string of the molecule is Cc1cc(N2CCCC2)ccc1/C=C1\SC(=Nc2ccccc2C)N(C)C1=O. The smallest absolute Gasteiger partial charge is 0.266 e. The van der Waals surface area contributed by atoms with Crippen molar-refractivity contribution in [3.8, 4) is 0 Å². The standard InChI is InChI=1S/C23H25N3OS/c1-16-8-4-5-9-20(16)24-23-25(3)22(27)21(28-23)15-18-10-11-19(14-17(18)2)26-12-6-7-13-26/h4-5,8-11,14-15H,6-7,12-13H2,1-3H3/b21-15-,24-23?. The van der Waals surface area contributed by atoms with E-state index >= 15 is 0 Å². The van der Waals surface area contributed by atoms with Gasteiger partial charge in [-0.3, -0.25) is 9.69 Å². The lowest BCUT2D eigenvalue weighted by atomic mass is 10.1. The highest BCUT2D eigenvalue weighted by molar-refractivity contribution is 8.18. The first-order valence-corrected chi connectivity index (χ1v) is 10.5. The molecule has 0 spiro atoms. The lowest BCUT2D eigenvalue weighted by molar-refractivity contribution is -0.121. The fourth-order valence-corrected chi connectivity index (χ4v) is 4.55.